The molecule has 1 aromatic carbocycles. The Morgan fingerprint density at radius 1 is 1.19 bits per heavy atom. The molecule has 0 aliphatic carbocycles. The first-order chi connectivity index (χ1) is 12.7. The van der Waals surface area contributed by atoms with Crippen molar-refractivity contribution in [2.75, 3.05) is 19.6 Å². The van der Waals surface area contributed by atoms with Crippen molar-refractivity contribution in [2.24, 2.45) is 4.99 Å². The number of unbranched alkanes of at least 4 members (excludes halogenated alkanes) is 1. The van der Waals surface area contributed by atoms with Crippen LogP contribution in [-0.4, -0.2) is 46.5 Å². The Morgan fingerprint density at radius 3 is 2.62 bits per heavy atom. The number of hydrogen-bond acceptors (Lipinski definition) is 4. The zero-order valence-electron chi connectivity index (χ0n) is 15.4. The molecular weight excluding hydrogens is 352 g/mol. The number of aromatic nitrogens is 3. The largest absolute Gasteiger partial charge is 0.489 e. The van der Waals surface area contributed by atoms with E-state index < -0.39 is 0 Å². The maximum atomic E-state index is 5.88. The highest BCUT2D eigenvalue weighted by Crippen LogP contribution is 2.16. The molecule has 142 valence electrons. The van der Waals surface area contributed by atoms with Crippen LogP contribution in [0.4, 0.5) is 0 Å². The molecule has 0 aliphatic heterocycles. The molecule has 0 radical (unpaired) electrons. The van der Waals surface area contributed by atoms with Gasteiger partial charge < -0.3 is 19.9 Å². The maximum absolute atomic E-state index is 5.88. The Balaban J connectivity index is 1.69. The predicted molar refractivity (Wildman–Crippen MR) is 105 cm³/mol. The fraction of sp³-hybridized carbons (Fsp3) is 0.500. The molecule has 0 bridgehead atoms. The van der Waals surface area contributed by atoms with Crippen LogP contribution in [0.3, 0.4) is 0 Å². The summed E-state index contributed by atoms with van der Waals surface area (Å²) in [7, 11) is 0. The summed E-state index contributed by atoms with van der Waals surface area (Å²) >= 11 is 5.88. The summed E-state index contributed by atoms with van der Waals surface area (Å²) in [6, 6.07) is 7.36. The number of ether oxygens (including phenoxy) is 1. The highest BCUT2D eigenvalue weighted by atomic mass is 35.5. The second-order valence-corrected chi connectivity index (χ2v) is 6.37. The van der Waals surface area contributed by atoms with Crippen LogP contribution in [0.15, 0.2) is 41.9 Å². The molecule has 0 saturated carbocycles. The molecule has 26 heavy (non-hydrogen) atoms. The topological polar surface area (TPSA) is 76.4 Å². The zero-order valence-corrected chi connectivity index (χ0v) is 16.1. The highest BCUT2D eigenvalue weighted by molar-refractivity contribution is 6.30. The van der Waals surface area contributed by atoms with Crippen LogP contribution >= 0.6 is 11.6 Å². The van der Waals surface area contributed by atoms with E-state index in [1.165, 1.54) is 0 Å². The van der Waals surface area contributed by atoms with Gasteiger partial charge in [-0.05, 0) is 51.0 Å². The number of hydrogen-bond donors (Lipinski definition) is 2. The minimum absolute atomic E-state index is 0.0274. The van der Waals surface area contributed by atoms with Gasteiger partial charge in [-0.15, -0.1) is 10.2 Å². The SMILES string of the molecule is CCNC(=NCC(C)Oc1ccc(Cl)cc1)NCCCCn1cnnc1. The molecule has 1 heterocycles. The Hall–Kier alpha value is -2.28. The van der Waals surface area contributed by atoms with Crippen molar-refractivity contribution in [1.82, 2.24) is 25.4 Å². The molecule has 2 aromatic rings. The number of halogens is 1. The number of aliphatic imine (C=N–C) groups is 1. The summed E-state index contributed by atoms with van der Waals surface area (Å²) in [5.74, 6) is 1.60. The van der Waals surface area contributed by atoms with Crippen molar-refractivity contribution in [3.63, 3.8) is 0 Å². The molecule has 1 aromatic heterocycles. The van der Waals surface area contributed by atoms with Gasteiger partial charge in [-0.1, -0.05) is 11.6 Å². The van der Waals surface area contributed by atoms with Gasteiger partial charge in [0.1, 0.15) is 24.5 Å². The summed E-state index contributed by atoms with van der Waals surface area (Å²) in [5, 5.41) is 14.9. The van der Waals surface area contributed by atoms with Crippen LogP contribution in [-0.2, 0) is 6.54 Å². The molecule has 0 fully saturated rings. The van der Waals surface area contributed by atoms with Crippen molar-refractivity contribution in [2.45, 2.75) is 39.3 Å². The molecule has 0 amide bonds. The van der Waals surface area contributed by atoms with Crippen molar-refractivity contribution in [1.29, 1.82) is 0 Å². The molecule has 1 atom stereocenters. The van der Waals surface area contributed by atoms with Crippen LogP contribution in [0.2, 0.25) is 5.02 Å². The standard InChI is InChI=1S/C18H27ClN6O/c1-3-20-18(21-10-4-5-11-25-13-23-24-14-25)22-12-15(2)26-17-8-6-16(19)7-9-17/h6-9,13-15H,3-5,10-12H2,1-2H3,(H2,20,21,22). The van der Waals surface area contributed by atoms with E-state index in [9.17, 15) is 0 Å². The molecule has 0 aliphatic rings. The second-order valence-electron chi connectivity index (χ2n) is 5.94. The fourth-order valence-electron chi connectivity index (χ4n) is 2.31. The summed E-state index contributed by atoms with van der Waals surface area (Å²) < 4.78 is 7.83. The van der Waals surface area contributed by atoms with Gasteiger partial charge in [0.25, 0.3) is 0 Å². The summed E-state index contributed by atoms with van der Waals surface area (Å²) in [4.78, 5) is 4.59. The molecular formula is C18H27ClN6O. The van der Waals surface area contributed by atoms with Crippen molar-refractivity contribution < 1.29 is 4.74 Å². The quantitative estimate of drug-likeness (QED) is 0.377. The fourth-order valence-corrected chi connectivity index (χ4v) is 2.43. The predicted octanol–water partition coefficient (Wildman–Crippen LogP) is 2.73. The van der Waals surface area contributed by atoms with E-state index in [4.69, 9.17) is 16.3 Å². The minimum atomic E-state index is -0.0274. The molecule has 8 heteroatoms. The number of nitrogens with zero attached hydrogens (tertiary/aromatic N) is 4. The third kappa shape index (κ3) is 7.74. The van der Waals surface area contributed by atoms with E-state index in [0.717, 1.165) is 44.2 Å². The van der Waals surface area contributed by atoms with Crippen molar-refractivity contribution in [3.05, 3.63) is 41.9 Å². The first-order valence-corrected chi connectivity index (χ1v) is 9.32. The first kappa shape index (κ1) is 20.0. The lowest BCUT2D eigenvalue weighted by Crippen LogP contribution is -2.38. The van der Waals surface area contributed by atoms with Crippen LogP contribution in [0.1, 0.15) is 26.7 Å². The van der Waals surface area contributed by atoms with Gasteiger partial charge in [0.05, 0.1) is 6.54 Å². The van der Waals surface area contributed by atoms with Gasteiger partial charge in [-0.25, -0.2) is 4.99 Å². The molecule has 1 unspecified atom stereocenters. The Labute approximate surface area is 159 Å². The Bertz CT molecular complexity index is 644. The van der Waals surface area contributed by atoms with E-state index >= 15 is 0 Å². The second kappa shape index (κ2) is 11.4. The third-order valence-corrected chi connectivity index (χ3v) is 3.86. The molecule has 2 N–H and O–H groups in total. The first-order valence-electron chi connectivity index (χ1n) is 8.94. The van der Waals surface area contributed by atoms with Crippen molar-refractivity contribution >= 4 is 17.6 Å². The van der Waals surface area contributed by atoms with Gasteiger partial charge >= 0.3 is 0 Å². The van der Waals surface area contributed by atoms with E-state index in [2.05, 4.69) is 32.7 Å². The summed E-state index contributed by atoms with van der Waals surface area (Å²) in [5.41, 5.74) is 0. The van der Waals surface area contributed by atoms with Gasteiger partial charge in [0, 0.05) is 24.7 Å². The average Bonchev–Trinajstić information content (AvgIpc) is 3.15. The number of rotatable bonds is 10. The zero-order chi connectivity index (χ0) is 18.6. The van der Waals surface area contributed by atoms with Gasteiger partial charge in [-0.3, -0.25) is 0 Å². The van der Waals surface area contributed by atoms with Gasteiger partial charge in [0.15, 0.2) is 5.96 Å². The average molecular weight is 379 g/mol. The van der Waals surface area contributed by atoms with Gasteiger partial charge in [-0.2, -0.15) is 0 Å². The summed E-state index contributed by atoms with van der Waals surface area (Å²) in [6.07, 6.45) is 5.54. The molecule has 7 nitrogen and oxygen atoms in total. The molecule has 0 spiro atoms. The summed E-state index contributed by atoms with van der Waals surface area (Å²) in [6.45, 7) is 7.23. The van der Waals surface area contributed by atoms with E-state index in [1.807, 2.05) is 35.8 Å². The smallest absolute Gasteiger partial charge is 0.191 e. The lowest BCUT2D eigenvalue weighted by atomic mass is 10.3. The Morgan fingerprint density at radius 2 is 1.92 bits per heavy atom. The molecule has 0 saturated heterocycles. The van der Waals surface area contributed by atoms with Crippen LogP contribution in [0.25, 0.3) is 0 Å². The number of aryl methyl sites for hydroxylation is 1. The molecule has 2 rings (SSSR count). The van der Waals surface area contributed by atoms with E-state index in [0.29, 0.717) is 11.6 Å². The minimum Gasteiger partial charge on any atom is -0.489 e. The van der Waals surface area contributed by atoms with E-state index in [1.54, 1.807) is 12.7 Å². The number of benzene rings is 1. The lowest BCUT2D eigenvalue weighted by Gasteiger charge is -2.15. The maximum Gasteiger partial charge on any atom is 0.191 e. The number of nitrogens with one attached hydrogen (secondary N) is 2. The van der Waals surface area contributed by atoms with Crippen LogP contribution in [0, 0.1) is 0 Å². The van der Waals surface area contributed by atoms with E-state index in [-0.39, 0.29) is 6.10 Å². The van der Waals surface area contributed by atoms with Crippen LogP contribution in [0.5, 0.6) is 5.75 Å². The van der Waals surface area contributed by atoms with Crippen molar-refractivity contribution in [3.8, 4) is 5.75 Å². The monoisotopic (exact) mass is 378 g/mol. The number of guanidine groups is 1. The lowest BCUT2D eigenvalue weighted by molar-refractivity contribution is 0.230. The normalized spacial score (nSPS) is 12.7. The van der Waals surface area contributed by atoms with Gasteiger partial charge in [0.2, 0.25) is 0 Å². The highest BCUT2D eigenvalue weighted by Gasteiger charge is 2.05. The third-order valence-electron chi connectivity index (χ3n) is 3.60. The Kier molecular flexibility index (Phi) is 8.75. The van der Waals surface area contributed by atoms with Crippen LogP contribution < -0.4 is 15.4 Å².